The van der Waals surface area contributed by atoms with Crippen molar-refractivity contribution in [2.45, 2.75) is 18.6 Å². The number of hydrogen-bond donors (Lipinski definition) is 1. The topological polar surface area (TPSA) is 42.0 Å². The van der Waals surface area contributed by atoms with E-state index >= 15 is 0 Å². The summed E-state index contributed by atoms with van der Waals surface area (Å²) in [6, 6.07) is 8.10. The second kappa shape index (κ2) is 5.60. The molecule has 0 aliphatic carbocycles. The number of para-hydroxylation sites is 1. The number of rotatable bonds is 5. The maximum absolute atomic E-state index is 11.2. The third-order valence-electron chi connectivity index (χ3n) is 2.69. The Bertz CT molecular complexity index is 491. The van der Waals surface area contributed by atoms with E-state index in [9.17, 15) is 4.21 Å². The minimum Gasteiger partial charge on any atom is -0.361 e. The number of nitrogens with one attached hydrogen (secondary N) is 1. The summed E-state index contributed by atoms with van der Waals surface area (Å²) in [4.78, 5) is 4.49. The van der Waals surface area contributed by atoms with Crippen LogP contribution in [-0.4, -0.2) is 27.2 Å². The second-order valence-electron chi connectivity index (χ2n) is 4.01. The van der Waals surface area contributed by atoms with Crippen LogP contribution < -0.4 is 5.32 Å². The molecule has 0 spiro atoms. The maximum atomic E-state index is 11.2. The van der Waals surface area contributed by atoms with Crippen molar-refractivity contribution in [2.24, 2.45) is 0 Å². The van der Waals surface area contributed by atoms with Crippen LogP contribution in [-0.2, 0) is 10.8 Å². The lowest BCUT2D eigenvalue weighted by molar-refractivity contribution is 0.672. The molecule has 0 radical (unpaired) electrons. The van der Waals surface area contributed by atoms with Crippen molar-refractivity contribution in [3.8, 4) is 0 Å². The van der Waals surface area contributed by atoms with Crippen molar-refractivity contribution in [1.82, 2.24) is 4.98 Å². The van der Waals surface area contributed by atoms with Gasteiger partial charge in [-0.1, -0.05) is 30.4 Å². The summed E-state index contributed by atoms with van der Waals surface area (Å²) in [6.45, 7) is 2.83. The minimum atomic E-state index is -0.740. The summed E-state index contributed by atoms with van der Waals surface area (Å²) in [5.74, 6) is 0. The summed E-state index contributed by atoms with van der Waals surface area (Å²) in [5, 5.41) is 4.47. The van der Waals surface area contributed by atoms with Gasteiger partial charge in [-0.2, -0.15) is 0 Å². The van der Waals surface area contributed by atoms with E-state index < -0.39 is 10.8 Å². The van der Waals surface area contributed by atoms with E-state index in [4.69, 9.17) is 0 Å². The van der Waals surface area contributed by atoms with Crippen LogP contribution in [0.5, 0.6) is 0 Å². The first-order chi connectivity index (χ1) is 8.16. The second-order valence-corrected chi connectivity index (χ2v) is 6.84. The van der Waals surface area contributed by atoms with Gasteiger partial charge in [0.05, 0.1) is 10.2 Å². The highest BCUT2D eigenvalue weighted by atomic mass is 32.2. The van der Waals surface area contributed by atoms with Crippen molar-refractivity contribution in [2.75, 3.05) is 18.1 Å². The Balaban J connectivity index is 1.93. The van der Waals surface area contributed by atoms with Gasteiger partial charge in [0.15, 0.2) is 5.13 Å². The molecule has 1 aromatic carbocycles. The minimum absolute atomic E-state index is 0.233. The number of fused-ring (bicyclic) bond motifs is 1. The van der Waals surface area contributed by atoms with Crippen LogP contribution in [0.1, 0.15) is 13.3 Å². The van der Waals surface area contributed by atoms with Gasteiger partial charge in [-0.05, 0) is 18.6 Å². The fraction of sp³-hybridized carbons (Fsp3) is 0.417. The van der Waals surface area contributed by atoms with Gasteiger partial charge >= 0.3 is 0 Å². The largest absolute Gasteiger partial charge is 0.361 e. The van der Waals surface area contributed by atoms with Gasteiger partial charge in [0.1, 0.15) is 0 Å². The average molecular weight is 268 g/mol. The van der Waals surface area contributed by atoms with Crippen molar-refractivity contribution in [1.29, 1.82) is 0 Å². The third kappa shape index (κ3) is 3.26. The van der Waals surface area contributed by atoms with Gasteiger partial charge in [-0.15, -0.1) is 0 Å². The first-order valence-corrected chi connectivity index (χ1v) is 8.02. The van der Waals surface area contributed by atoms with Crippen LogP contribution in [0.25, 0.3) is 10.2 Å². The van der Waals surface area contributed by atoms with Crippen molar-refractivity contribution >= 4 is 37.5 Å². The van der Waals surface area contributed by atoms with Crippen LogP contribution >= 0.6 is 11.3 Å². The van der Waals surface area contributed by atoms with E-state index in [-0.39, 0.29) is 5.25 Å². The molecule has 1 heterocycles. The average Bonchev–Trinajstić information content (AvgIpc) is 2.71. The molecule has 0 fully saturated rings. The number of benzene rings is 1. The molecule has 0 saturated heterocycles. The SMILES string of the molecule is CC(CCNc1nc2ccccc2s1)S(C)=O. The lowest BCUT2D eigenvalue weighted by Crippen LogP contribution is -2.14. The summed E-state index contributed by atoms with van der Waals surface area (Å²) in [7, 11) is -0.740. The van der Waals surface area contributed by atoms with E-state index in [2.05, 4.69) is 16.4 Å². The van der Waals surface area contributed by atoms with Gasteiger partial charge in [0, 0.05) is 28.9 Å². The zero-order chi connectivity index (χ0) is 12.3. The highest BCUT2D eigenvalue weighted by molar-refractivity contribution is 7.84. The first kappa shape index (κ1) is 12.5. The highest BCUT2D eigenvalue weighted by Crippen LogP contribution is 2.25. The molecule has 1 aromatic heterocycles. The Kier molecular flexibility index (Phi) is 4.12. The molecule has 1 N–H and O–H groups in total. The summed E-state index contributed by atoms with van der Waals surface area (Å²) in [6.07, 6.45) is 2.65. The molecule has 0 aliphatic heterocycles. The molecule has 0 saturated carbocycles. The Morgan fingerprint density at radius 2 is 2.24 bits per heavy atom. The molecular formula is C12H16N2OS2. The van der Waals surface area contributed by atoms with Crippen LogP contribution in [0.4, 0.5) is 5.13 Å². The van der Waals surface area contributed by atoms with Crippen LogP contribution in [0.2, 0.25) is 0 Å². The van der Waals surface area contributed by atoms with Gasteiger partial charge < -0.3 is 5.32 Å². The zero-order valence-corrected chi connectivity index (χ0v) is 11.6. The fourth-order valence-corrected chi connectivity index (χ4v) is 2.84. The Labute approximate surface area is 108 Å². The molecule has 92 valence electrons. The number of hydrogen-bond acceptors (Lipinski definition) is 4. The lowest BCUT2D eigenvalue weighted by atomic mass is 10.3. The molecule has 17 heavy (non-hydrogen) atoms. The monoisotopic (exact) mass is 268 g/mol. The number of anilines is 1. The number of aromatic nitrogens is 1. The summed E-state index contributed by atoms with van der Waals surface area (Å²) < 4.78 is 12.4. The summed E-state index contributed by atoms with van der Waals surface area (Å²) in [5.41, 5.74) is 1.03. The normalized spacial score (nSPS) is 14.7. The zero-order valence-electron chi connectivity index (χ0n) is 9.97. The molecule has 2 unspecified atom stereocenters. The molecular weight excluding hydrogens is 252 g/mol. The maximum Gasteiger partial charge on any atom is 0.183 e. The molecule has 5 heteroatoms. The first-order valence-electron chi connectivity index (χ1n) is 5.58. The smallest absolute Gasteiger partial charge is 0.183 e. The lowest BCUT2D eigenvalue weighted by Gasteiger charge is -2.07. The van der Waals surface area contributed by atoms with Crippen molar-refractivity contribution < 1.29 is 4.21 Å². The van der Waals surface area contributed by atoms with Crippen LogP contribution in [0.3, 0.4) is 0 Å². The van der Waals surface area contributed by atoms with E-state index in [1.54, 1.807) is 17.6 Å². The van der Waals surface area contributed by atoms with E-state index in [1.807, 2.05) is 25.1 Å². The quantitative estimate of drug-likeness (QED) is 0.906. The molecule has 0 bridgehead atoms. The Morgan fingerprint density at radius 1 is 1.47 bits per heavy atom. The predicted octanol–water partition coefficient (Wildman–Crippen LogP) is 2.87. The fourth-order valence-electron chi connectivity index (χ4n) is 1.50. The molecule has 0 aliphatic rings. The molecule has 0 amide bonds. The van der Waals surface area contributed by atoms with Crippen molar-refractivity contribution in [3.05, 3.63) is 24.3 Å². The van der Waals surface area contributed by atoms with Crippen molar-refractivity contribution in [3.63, 3.8) is 0 Å². The van der Waals surface area contributed by atoms with E-state index in [1.165, 1.54) is 4.70 Å². The predicted molar refractivity (Wildman–Crippen MR) is 76.3 cm³/mol. The van der Waals surface area contributed by atoms with Crippen LogP contribution in [0, 0.1) is 0 Å². The van der Waals surface area contributed by atoms with Gasteiger partial charge in [0.25, 0.3) is 0 Å². The Morgan fingerprint density at radius 3 is 2.94 bits per heavy atom. The van der Waals surface area contributed by atoms with Crippen LogP contribution in [0.15, 0.2) is 24.3 Å². The van der Waals surface area contributed by atoms with E-state index in [0.717, 1.165) is 23.6 Å². The molecule has 2 rings (SSSR count). The van der Waals surface area contributed by atoms with E-state index in [0.29, 0.717) is 0 Å². The molecule has 3 nitrogen and oxygen atoms in total. The Hall–Kier alpha value is -0.940. The van der Waals surface area contributed by atoms with Gasteiger partial charge in [-0.25, -0.2) is 4.98 Å². The van der Waals surface area contributed by atoms with Gasteiger partial charge in [-0.3, -0.25) is 4.21 Å². The molecule has 2 aromatic rings. The number of thiazole rings is 1. The third-order valence-corrected chi connectivity index (χ3v) is 5.05. The summed E-state index contributed by atoms with van der Waals surface area (Å²) >= 11 is 1.66. The standard InChI is InChI=1S/C12H16N2OS2/c1-9(17(2)15)7-8-13-12-14-10-5-3-4-6-11(10)16-12/h3-6,9H,7-8H2,1-2H3,(H,13,14). The number of nitrogens with zero attached hydrogens (tertiary/aromatic N) is 1. The molecule has 2 atom stereocenters. The van der Waals surface area contributed by atoms with Gasteiger partial charge in [0.2, 0.25) is 0 Å². The highest BCUT2D eigenvalue weighted by Gasteiger charge is 2.06.